The molecule has 0 bridgehead atoms. The zero-order valence-corrected chi connectivity index (χ0v) is 13.6. The van der Waals surface area contributed by atoms with Gasteiger partial charge in [0.1, 0.15) is 11.5 Å². The Morgan fingerprint density at radius 3 is 2.75 bits per heavy atom. The van der Waals surface area contributed by atoms with Crippen LogP contribution in [-0.2, 0) is 4.74 Å². The van der Waals surface area contributed by atoms with Gasteiger partial charge >= 0.3 is 0 Å². The molecule has 2 atom stereocenters. The number of ether oxygens (including phenoxy) is 1. The molecule has 2 aromatic rings. The first-order chi connectivity index (χ1) is 11.6. The van der Waals surface area contributed by atoms with E-state index < -0.39 is 4.92 Å². The third-order valence-corrected chi connectivity index (χ3v) is 4.37. The van der Waals surface area contributed by atoms with Crippen LogP contribution in [-0.4, -0.2) is 23.1 Å². The van der Waals surface area contributed by atoms with Crippen LogP contribution in [0.3, 0.4) is 0 Å². The summed E-state index contributed by atoms with van der Waals surface area (Å²) in [5, 5.41) is 14.4. The zero-order chi connectivity index (χ0) is 16.9. The standard InChI is InChI=1S/C18H21N3O3/c1-13-17(21(22)23)7-8-18(19-13)20-16(11-14-9-10-24-12-14)15-5-3-2-4-6-15/h2-8,14,16H,9-12H2,1H3,(H,19,20). The van der Waals surface area contributed by atoms with Crippen molar-refractivity contribution in [3.63, 3.8) is 0 Å². The topological polar surface area (TPSA) is 77.3 Å². The molecule has 0 radical (unpaired) electrons. The van der Waals surface area contributed by atoms with E-state index in [1.807, 2.05) is 18.2 Å². The minimum Gasteiger partial charge on any atom is -0.381 e. The summed E-state index contributed by atoms with van der Waals surface area (Å²) in [6, 6.07) is 13.5. The van der Waals surface area contributed by atoms with Gasteiger partial charge in [0.25, 0.3) is 5.69 Å². The fourth-order valence-electron chi connectivity index (χ4n) is 3.07. The van der Waals surface area contributed by atoms with Gasteiger partial charge in [0.2, 0.25) is 0 Å². The van der Waals surface area contributed by atoms with Crippen LogP contribution in [0.2, 0.25) is 0 Å². The largest absolute Gasteiger partial charge is 0.381 e. The number of aromatic nitrogens is 1. The molecule has 1 aromatic carbocycles. The Morgan fingerprint density at radius 1 is 1.33 bits per heavy atom. The monoisotopic (exact) mass is 327 g/mol. The minimum atomic E-state index is -0.406. The van der Waals surface area contributed by atoms with Crippen molar-refractivity contribution in [3.8, 4) is 0 Å². The summed E-state index contributed by atoms with van der Waals surface area (Å²) in [4.78, 5) is 14.9. The molecule has 1 aliphatic rings. The van der Waals surface area contributed by atoms with Crippen LogP contribution in [0.15, 0.2) is 42.5 Å². The molecule has 2 heterocycles. The van der Waals surface area contributed by atoms with Crippen LogP contribution in [0.4, 0.5) is 11.5 Å². The fraction of sp³-hybridized carbons (Fsp3) is 0.389. The molecule has 0 saturated carbocycles. The minimum absolute atomic E-state index is 0.0426. The van der Waals surface area contributed by atoms with Gasteiger partial charge in [-0.05, 0) is 37.3 Å². The number of aryl methyl sites for hydroxylation is 1. The van der Waals surface area contributed by atoms with Crippen molar-refractivity contribution < 1.29 is 9.66 Å². The van der Waals surface area contributed by atoms with E-state index in [0.29, 0.717) is 17.4 Å². The van der Waals surface area contributed by atoms with E-state index in [-0.39, 0.29) is 11.7 Å². The Bertz CT molecular complexity index is 700. The highest BCUT2D eigenvalue weighted by Gasteiger charge is 2.22. The molecule has 2 unspecified atom stereocenters. The average Bonchev–Trinajstić information content (AvgIpc) is 3.08. The molecular weight excluding hydrogens is 306 g/mol. The maximum atomic E-state index is 10.9. The Labute approximate surface area is 141 Å². The molecule has 126 valence electrons. The molecule has 1 aromatic heterocycles. The third kappa shape index (κ3) is 3.89. The summed E-state index contributed by atoms with van der Waals surface area (Å²) in [6.45, 7) is 3.27. The number of hydrogen-bond acceptors (Lipinski definition) is 5. The van der Waals surface area contributed by atoms with E-state index in [9.17, 15) is 10.1 Å². The second kappa shape index (κ2) is 7.40. The number of rotatable bonds is 6. The van der Waals surface area contributed by atoms with Gasteiger partial charge in [-0.1, -0.05) is 30.3 Å². The van der Waals surface area contributed by atoms with Crippen molar-refractivity contribution >= 4 is 11.5 Å². The quantitative estimate of drug-likeness (QED) is 0.643. The molecule has 0 amide bonds. The van der Waals surface area contributed by atoms with Crippen LogP contribution < -0.4 is 5.32 Å². The number of hydrogen-bond donors (Lipinski definition) is 1. The lowest BCUT2D eigenvalue weighted by Gasteiger charge is -2.22. The van der Waals surface area contributed by atoms with E-state index >= 15 is 0 Å². The number of nitrogens with zero attached hydrogens (tertiary/aromatic N) is 2. The first-order valence-corrected chi connectivity index (χ1v) is 8.15. The molecule has 0 spiro atoms. The third-order valence-electron chi connectivity index (χ3n) is 4.37. The number of pyridine rings is 1. The Morgan fingerprint density at radius 2 is 2.12 bits per heavy atom. The van der Waals surface area contributed by atoms with E-state index in [0.717, 1.165) is 26.1 Å². The molecular formula is C18H21N3O3. The smallest absolute Gasteiger partial charge is 0.290 e. The van der Waals surface area contributed by atoms with Crippen LogP contribution in [0.25, 0.3) is 0 Å². The van der Waals surface area contributed by atoms with Gasteiger partial charge in [0.15, 0.2) is 0 Å². The lowest BCUT2D eigenvalue weighted by atomic mass is 9.94. The normalized spacial score (nSPS) is 18.3. The van der Waals surface area contributed by atoms with Crippen molar-refractivity contribution in [3.05, 3.63) is 63.8 Å². The van der Waals surface area contributed by atoms with Crippen LogP contribution in [0, 0.1) is 23.0 Å². The predicted molar refractivity (Wildman–Crippen MR) is 92.0 cm³/mol. The Hall–Kier alpha value is -2.47. The lowest BCUT2D eigenvalue weighted by molar-refractivity contribution is -0.385. The first kappa shape index (κ1) is 16.4. The fourth-order valence-corrected chi connectivity index (χ4v) is 3.07. The summed E-state index contributed by atoms with van der Waals surface area (Å²) in [5.41, 5.74) is 1.64. The van der Waals surface area contributed by atoms with Gasteiger partial charge in [0.05, 0.1) is 11.0 Å². The summed E-state index contributed by atoms with van der Waals surface area (Å²) in [7, 11) is 0. The van der Waals surface area contributed by atoms with E-state index in [4.69, 9.17) is 4.74 Å². The molecule has 1 saturated heterocycles. The van der Waals surface area contributed by atoms with Gasteiger partial charge in [0, 0.05) is 19.3 Å². The molecule has 3 rings (SSSR count). The lowest BCUT2D eigenvalue weighted by Crippen LogP contribution is -2.16. The zero-order valence-electron chi connectivity index (χ0n) is 13.6. The van der Waals surface area contributed by atoms with Gasteiger partial charge in [-0.25, -0.2) is 4.98 Å². The SMILES string of the molecule is Cc1nc(NC(CC2CCOC2)c2ccccc2)ccc1[N+](=O)[O-]. The van der Waals surface area contributed by atoms with Gasteiger partial charge in [-0.2, -0.15) is 0 Å². The number of anilines is 1. The average molecular weight is 327 g/mol. The van der Waals surface area contributed by atoms with Crippen LogP contribution in [0.5, 0.6) is 0 Å². The van der Waals surface area contributed by atoms with Crippen molar-refractivity contribution in [1.82, 2.24) is 4.98 Å². The molecule has 6 heteroatoms. The maximum Gasteiger partial charge on any atom is 0.290 e. The molecule has 6 nitrogen and oxygen atoms in total. The summed E-state index contributed by atoms with van der Waals surface area (Å²) in [5.74, 6) is 1.17. The molecule has 0 aliphatic carbocycles. The first-order valence-electron chi connectivity index (χ1n) is 8.15. The second-order valence-electron chi connectivity index (χ2n) is 6.13. The van der Waals surface area contributed by atoms with Gasteiger partial charge in [-0.3, -0.25) is 10.1 Å². The maximum absolute atomic E-state index is 10.9. The number of nitro groups is 1. The number of benzene rings is 1. The van der Waals surface area contributed by atoms with Crippen molar-refractivity contribution in [2.45, 2.75) is 25.8 Å². The number of nitrogens with one attached hydrogen (secondary N) is 1. The Kier molecular flexibility index (Phi) is 5.05. The molecule has 24 heavy (non-hydrogen) atoms. The highest BCUT2D eigenvalue weighted by molar-refractivity contribution is 5.46. The van der Waals surface area contributed by atoms with Crippen LogP contribution in [0.1, 0.15) is 30.1 Å². The van der Waals surface area contributed by atoms with Crippen molar-refractivity contribution in [2.24, 2.45) is 5.92 Å². The molecule has 1 aliphatic heterocycles. The van der Waals surface area contributed by atoms with E-state index in [1.165, 1.54) is 11.6 Å². The van der Waals surface area contributed by atoms with E-state index in [1.54, 1.807) is 13.0 Å². The summed E-state index contributed by atoms with van der Waals surface area (Å²) < 4.78 is 5.49. The summed E-state index contributed by atoms with van der Waals surface area (Å²) >= 11 is 0. The highest BCUT2D eigenvalue weighted by Crippen LogP contribution is 2.30. The van der Waals surface area contributed by atoms with Gasteiger partial charge < -0.3 is 10.1 Å². The highest BCUT2D eigenvalue weighted by atomic mass is 16.6. The Balaban J connectivity index is 1.80. The van der Waals surface area contributed by atoms with E-state index in [2.05, 4.69) is 22.4 Å². The molecule has 1 N–H and O–H groups in total. The van der Waals surface area contributed by atoms with Gasteiger partial charge in [-0.15, -0.1) is 0 Å². The van der Waals surface area contributed by atoms with Crippen molar-refractivity contribution in [2.75, 3.05) is 18.5 Å². The second-order valence-corrected chi connectivity index (χ2v) is 6.13. The van der Waals surface area contributed by atoms with Crippen LogP contribution >= 0.6 is 0 Å². The summed E-state index contributed by atoms with van der Waals surface area (Å²) in [6.07, 6.45) is 2.01. The predicted octanol–water partition coefficient (Wildman–Crippen LogP) is 3.88. The van der Waals surface area contributed by atoms with Crippen molar-refractivity contribution in [1.29, 1.82) is 0 Å². The molecule has 1 fully saturated rings.